The van der Waals surface area contributed by atoms with Crippen molar-refractivity contribution in [2.24, 2.45) is 0 Å². The maximum atomic E-state index is 12.2. The number of anilines is 2. The average molecular weight is 402 g/mol. The first-order valence-electron chi connectivity index (χ1n) is 7.77. The highest BCUT2D eigenvalue weighted by Crippen LogP contribution is 2.23. The summed E-state index contributed by atoms with van der Waals surface area (Å²) >= 11 is 3.32. The van der Waals surface area contributed by atoms with Crippen molar-refractivity contribution in [3.05, 3.63) is 58.1 Å². The molecule has 0 saturated heterocycles. The summed E-state index contributed by atoms with van der Waals surface area (Å²) in [6.45, 7) is -0.122. The summed E-state index contributed by atoms with van der Waals surface area (Å²) in [5, 5.41) is 8.08. The van der Waals surface area contributed by atoms with E-state index < -0.39 is 0 Å². The third-order valence-corrected chi connectivity index (χ3v) is 4.33. The number of rotatable bonds is 4. The maximum Gasteiger partial charge on any atom is 0.251 e. The molecule has 1 heterocycles. The lowest BCUT2D eigenvalue weighted by molar-refractivity contribution is -0.116. The summed E-state index contributed by atoms with van der Waals surface area (Å²) in [5.41, 5.74) is 2.78. The molecule has 3 N–H and O–H groups in total. The van der Waals surface area contributed by atoms with Crippen LogP contribution in [-0.4, -0.2) is 24.3 Å². The van der Waals surface area contributed by atoms with E-state index in [4.69, 9.17) is 0 Å². The molecule has 0 spiro atoms. The maximum absolute atomic E-state index is 12.2. The fourth-order valence-corrected chi connectivity index (χ4v) is 2.79. The zero-order valence-electron chi connectivity index (χ0n) is 13.3. The molecule has 2 aromatic rings. The van der Waals surface area contributed by atoms with Crippen molar-refractivity contribution >= 4 is 45.0 Å². The summed E-state index contributed by atoms with van der Waals surface area (Å²) in [7, 11) is 0. The standard InChI is InChI=1S/C18H16BrN3O3/c19-13-3-5-14(6-4-13)21-17(24)10-20-18(25)12-1-7-15-11(9-12)2-8-16(23)22-15/h1,3-7,9H,2,8,10H2,(H,20,25)(H,21,24)(H,22,23). The second-order valence-corrected chi connectivity index (χ2v) is 6.57. The number of aryl methyl sites for hydroxylation is 1. The number of carbonyl (C=O) groups is 3. The van der Waals surface area contributed by atoms with E-state index in [0.29, 0.717) is 24.1 Å². The molecular weight excluding hydrogens is 386 g/mol. The lowest BCUT2D eigenvalue weighted by Gasteiger charge is -2.17. The number of hydrogen-bond donors (Lipinski definition) is 3. The van der Waals surface area contributed by atoms with Gasteiger partial charge in [0, 0.05) is 27.8 Å². The van der Waals surface area contributed by atoms with Gasteiger partial charge in [-0.3, -0.25) is 14.4 Å². The summed E-state index contributed by atoms with van der Waals surface area (Å²) in [4.78, 5) is 35.5. The van der Waals surface area contributed by atoms with E-state index in [-0.39, 0.29) is 24.3 Å². The van der Waals surface area contributed by atoms with E-state index in [1.807, 2.05) is 12.1 Å². The molecule has 6 nitrogen and oxygen atoms in total. The van der Waals surface area contributed by atoms with Gasteiger partial charge in [0.25, 0.3) is 5.91 Å². The quantitative estimate of drug-likeness (QED) is 0.735. The SMILES string of the molecule is O=C(CNC(=O)c1ccc2c(c1)CCC(=O)N2)Nc1ccc(Br)cc1. The van der Waals surface area contributed by atoms with Gasteiger partial charge in [0.05, 0.1) is 6.54 Å². The molecule has 25 heavy (non-hydrogen) atoms. The fourth-order valence-electron chi connectivity index (χ4n) is 2.53. The van der Waals surface area contributed by atoms with Gasteiger partial charge in [-0.15, -0.1) is 0 Å². The van der Waals surface area contributed by atoms with E-state index in [0.717, 1.165) is 15.7 Å². The Labute approximate surface area is 153 Å². The van der Waals surface area contributed by atoms with Crippen LogP contribution in [0.15, 0.2) is 46.9 Å². The van der Waals surface area contributed by atoms with Gasteiger partial charge in [-0.05, 0) is 54.4 Å². The number of benzene rings is 2. The third kappa shape index (κ3) is 4.45. The molecule has 0 unspecified atom stereocenters. The Bertz CT molecular complexity index is 834. The number of hydrogen-bond acceptors (Lipinski definition) is 3. The van der Waals surface area contributed by atoms with Gasteiger partial charge in [0.1, 0.15) is 0 Å². The van der Waals surface area contributed by atoms with Gasteiger partial charge in [-0.2, -0.15) is 0 Å². The fraction of sp³-hybridized carbons (Fsp3) is 0.167. The van der Waals surface area contributed by atoms with Gasteiger partial charge in [0.2, 0.25) is 11.8 Å². The topological polar surface area (TPSA) is 87.3 Å². The molecule has 3 rings (SSSR count). The molecule has 1 aliphatic rings. The molecule has 0 aliphatic carbocycles. The lowest BCUT2D eigenvalue weighted by atomic mass is 10.00. The molecule has 0 atom stereocenters. The van der Waals surface area contributed by atoms with Gasteiger partial charge in [-0.1, -0.05) is 15.9 Å². The highest BCUT2D eigenvalue weighted by molar-refractivity contribution is 9.10. The van der Waals surface area contributed by atoms with Crippen molar-refractivity contribution < 1.29 is 14.4 Å². The van der Waals surface area contributed by atoms with Crippen molar-refractivity contribution in [2.75, 3.05) is 17.2 Å². The van der Waals surface area contributed by atoms with Crippen molar-refractivity contribution in [1.82, 2.24) is 5.32 Å². The summed E-state index contributed by atoms with van der Waals surface area (Å²) in [5.74, 6) is -0.652. The zero-order valence-corrected chi connectivity index (χ0v) is 14.9. The van der Waals surface area contributed by atoms with E-state index in [1.165, 1.54) is 0 Å². The zero-order chi connectivity index (χ0) is 17.8. The van der Waals surface area contributed by atoms with Gasteiger partial charge >= 0.3 is 0 Å². The van der Waals surface area contributed by atoms with Crippen molar-refractivity contribution in [3.63, 3.8) is 0 Å². The van der Waals surface area contributed by atoms with Crippen LogP contribution >= 0.6 is 15.9 Å². The number of halogens is 1. The number of fused-ring (bicyclic) bond motifs is 1. The van der Waals surface area contributed by atoms with Crippen molar-refractivity contribution in [3.8, 4) is 0 Å². The first-order chi connectivity index (χ1) is 12.0. The number of amides is 3. The van der Waals surface area contributed by atoms with Crippen LogP contribution in [0, 0.1) is 0 Å². The predicted molar refractivity (Wildman–Crippen MR) is 98.5 cm³/mol. The Morgan fingerprint density at radius 3 is 2.60 bits per heavy atom. The molecule has 128 valence electrons. The van der Waals surface area contributed by atoms with Crippen molar-refractivity contribution in [2.45, 2.75) is 12.8 Å². The van der Waals surface area contributed by atoms with Crippen LogP contribution < -0.4 is 16.0 Å². The largest absolute Gasteiger partial charge is 0.343 e. The van der Waals surface area contributed by atoms with Gasteiger partial charge in [0.15, 0.2) is 0 Å². The average Bonchev–Trinajstić information content (AvgIpc) is 2.61. The number of nitrogens with one attached hydrogen (secondary N) is 3. The van der Waals surface area contributed by atoms with Gasteiger partial charge < -0.3 is 16.0 Å². The molecule has 7 heteroatoms. The van der Waals surface area contributed by atoms with E-state index in [2.05, 4.69) is 31.9 Å². The molecule has 2 aromatic carbocycles. The molecule has 0 bridgehead atoms. The van der Waals surface area contributed by atoms with Crippen LogP contribution in [0.1, 0.15) is 22.3 Å². The van der Waals surface area contributed by atoms with Crippen LogP contribution in [0.5, 0.6) is 0 Å². The Morgan fingerprint density at radius 2 is 1.84 bits per heavy atom. The normalized spacial score (nSPS) is 12.8. The summed E-state index contributed by atoms with van der Waals surface area (Å²) in [6.07, 6.45) is 1.01. The first-order valence-corrected chi connectivity index (χ1v) is 8.57. The molecule has 1 aliphatic heterocycles. The predicted octanol–water partition coefficient (Wildman–Crippen LogP) is 2.70. The summed E-state index contributed by atoms with van der Waals surface area (Å²) < 4.78 is 0.919. The van der Waals surface area contributed by atoms with Crippen LogP contribution in [-0.2, 0) is 16.0 Å². The van der Waals surface area contributed by atoms with E-state index in [9.17, 15) is 14.4 Å². The Kier molecular flexibility index (Phi) is 5.14. The highest BCUT2D eigenvalue weighted by Gasteiger charge is 2.17. The van der Waals surface area contributed by atoms with Crippen LogP contribution in [0.25, 0.3) is 0 Å². The molecule has 0 fully saturated rings. The Balaban J connectivity index is 1.56. The van der Waals surface area contributed by atoms with Crippen LogP contribution in [0.2, 0.25) is 0 Å². The highest BCUT2D eigenvalue weighted by atomic mass is 79.9. The second kappa shape index (κ2) is 7.48. The third-order valence-electron chi connectivity index (χ3n) is 3.80. The minimum absolute atomic E-state index is 0.0192. The van der Waals surface area contributed by atoms with Crippen molar-refractivity contribution in [1.29, 1.82) is 0 Å². The molecule has 0 radical (unpaired) electrons. The number of carbonyl (C=O) groups excluding carboxylic acids is 3. The monoisotopic (exact) mass is 401 g/mol. The smallest absolute Gasteiger partial charge is 0.251 e. The molecule has 0 saturated carbocycles. The Hall–Kier alpha value is -2.67. The van der Waals surface area contributed by atoms with Gasteiger partial charge in [-0.25, -0.2) is 0 Å². The summed E-state index contributed by atoms with van der Waals surface area (Å²) in [6, 6.07) is 12.3. The first kappa shape index (κ1) is 17.2. The Morgan fingerprint density at radius 1 is 1.08 bits per heavy atom. The van der Waals surface area contributed by atoms with E-state index >= 15 is 0 Å². The molecular formula is C18H16BrN3O3. The minimum Gasteiger partial charge on any atom is -0.343 e. The minimum atomic E-state index is -0.328. The molecule has 0 aromatic heterocycles. The van der Waals surface area contributed by atoms with Crippen LogP contribution in [0.3, 0.4) is 0 Å². The molecule has 3 amide bonds. The van der Waals surface area contributed by atoms with E-state index in [1.54, 1.807) is 30.3 Å². The van der Waals surface area contributed by atoms with Crippen LogP contribution in [0.4, 0.5) is 11.4 Å². The second-order valence-electron chi connectivity index (χ2n) is 5.66. The lowest BCUT2D eigenvalue weighted by Crippen LogP contribution is -2.33.